The lowest BCUT2D eigenvalue weighted by Crippen LogP contribution is -2.29. The van der Waals surface area contributed by atoms with E-state index in [1.54, 1.807) is 18.2 Å². The Morgan fingerprint density at radius 2 is 1.81 bits per heavy atom. The highest BCUT2D eigenvalue weighted by molar-refractivity contribution is 6.46. The molecule has 9 heteroatoms. The second-order valence-corrected chi connectivity index (χ2v) is 7.27. The van der Waals surface area contributed by atoms with Gasteiger partial charge in [0.05, 0.1) is 34.9 Å². The third-order valence-electron chi connectivity index (χ3n) is 4.99. The number of hydrogen-bond acceptors (Lipinski definition) is 6. The zero-order valence-corrected chi connectivity index (χ0v) is 16.7. The van der Waals surface area contributed by atoms with E-state index in [1.165, 1.54) is 48.7 Å². The number of benzene rings is 2. The van der Waals surface area contributed by atoms with Crippen LogP contribution < -0.4 is 0 Å². The molecule has 1 saturated heterocycles. The molecule has 1 aliphatic rings. The molecule has 1 atom stereocenters. The SMILES string of the molecule is O=C1C(=O)N(Cc2ccco2)C(c2ccccc2[N+](=O)[O-])C1=C(O)c1ccc(Cl)cc1. The highest BCUT2D eigenvalue weighted by Gasteiger charge is 2.48. The highest BCUT2D eigenvalue weighted by Crippen LogP contribution is 2.43. The largest absolute Gasteiger partial charge is 0.507 e. The number of Topliss-reactive ketones (excluding diaryl/α,β-unsaturated/α-hetero) is 1. The molecular weight excluding hydrogens is 424 g/mol. The molecule has 2 aromatic carbocycles. The van der Waals surface area contributed by atoms with Gasteiger partial charge in [-0.25, -0.2) is 0 Å². The molecule has 1 fully saturated rings. The minimum atomic E-state index is -1.18. The van der Waals surface area contributed by atoms with Crippen LogP contribution in [-0.2, 0) is 16.1 Å². The first-order chi connectivity index (χ1) is 14.9. The number of para-hydroxylation sites is 1. The first kappa shape index (κ1) is 20.4. The average Bonchev–Trinajstić information content (AvgIpc) is 3.36. The number of amides is 1. The molecule has 3 aromatic rings. The second-order valence-electron chi connectivity index (χ2n) is 6.83. The molecule has 8 nitrogen and oxygen atoms in total. The molecule has 156 valence electrons. The van der Waals surface area contributed by atoms with Crippen molar-refractivity contribution in [2.75, 3.05) is 0 Å². The Morgan fingerprint density at radius 1 is 1.10 bits per heavy atom. The van der Waals surface area contributed by atoms with E-state index in [4.69, 9.17) is 16.0 Å². The first-order valence-electron chi connectivity index (χ1n) is 9.18. The van der Waals surface area contributed by atoms with Gasteiger partial charge in [-0.15, -0.1) is 0 Å². The normalized spacial score (nSPS) is 17.8. The van der Waals surface area contributed by atoms with Crippen molar-refractivity contribution < 1.29 is 24.0 Å². The summed E-state index contributed by atoms with van der Waals surface area (Å²) in [6, 6.07) is 13.9. The summed E-state index contributed by atoms with van der Waals surface area (Å²) in [5, 5.41) is 23.0. The molecule has 1 aromatic heterocycles. The van der Waals surface area contributed by atoms with Gasteiger partial charge in [0.2, 0.25) is 0 Å². The lowest BCUT2D eigenvalue weighted by molar-refractivity contribution is -0.385. The van der Waals surface area contributed by atoms with Crippen molar-refractivity contribution in [2.45, 2.75) is 12.6 Å². The maximum absolute atomic E-state index is 13.0. The number of aliphatic hydroxyl groups is 1. The summed E-state index contributed by atoms with van der Waals surface area (Å²) in [7, 11) is 0. The van der Waals surface area contributed by atoms with Gasteiger partial charge in [0.15, 0.2) is 0 Å². The fraction of sp³-hybridized carbons (Fsp3) is 0.0909. The van der Waals surface area contributed by atoms with Crippen molar-refractivity contribution in [3.05, 3.63) is 105 Å². The van der Waals surface area contributed by atoms with E-state index in [9.17, 15) is 24.8 Å². The number of aliphatic hydroxyl groups excluding tert-OH is 1. The number of ketones is 1. The second kappa shape index (κ2) is 8.08. The van der Waals surface area contributed by atoms with Crippen LogP contribution in [0.15, 0.2) is 76.9 Å². The van der Waals surface area contributed by atoms with Gasteiger partial charge in [0.25, 0.3) is 17.4 Å². The Balaban J connectivity index is 1.93. The van der Waals surface area contributed by atoms with Crippen LogP contribution in [0, 0.1) is 10.1 Å². The van der Waals surface area contributed by atoms with Crippen LogP contribution in [-0.4, -0.2) is 26.6 Å². The van der Waals surface area contributed by atoms with Crippen molar-refractivity contribution >= 4 is 34.7 Å². The van der Waals surface area contributed by atoms with E-state index < -0.39 is 28.4 Å². The summed E-state index contributed by atoms with van der Waals surface area (Å²) in [5.74, 6) is -1.89. The summed E-state index contributed by atoms with van der Waals surface area (Å²) in [6.45, 7) is -0.105. The van der Waals surface area contributed by atoms with Gasteiger partial charge in [0.1, 0.15) is 11.5 Å². The smallest absolute Gasteiger partial charge is 0.296 e. The van der Waals surface area contributed by atoms with Gasteiger partial charge in [-0.05, 0) is 42.5 Å². The lowest BCUT2D eigenvalue weighted by Gasteiger charge is -2.24. The predicted octanol–water partition coefficient (Wildman–Crippen LogP) is 4.46. The van der Waals surface area contributed by atoms with E-state index in [1.807, 2.05) is 0 Å². The van der Waals surface area contributed by atoms with Gasteiger partial charge in [-0.2, -0.15) is 0 Å². The molecule has 0 bridgehead atoms. The number of carbonyl (C=O) groups is 2. The topological polar surface area (TPSA) is 114 Å². The summed E-state index contributed by atoms with van der Waals surface area (Å²) in [5.41, 5.74) is -0.160. The zero-order chi connectivity index (χ0) is 22.1. The Kier molecular flexibility index (Phi) is 5.31. The minimum absolute atomic E-state index is 0.105. The van der Waals surface area contributed by atoms with Gasteiger partial charge in [-0.1, -0.05) is 23.7 Å². The van der Waals surface area contributed by atoms with Crippen molar-refractivity contribution in [3.63, 3.8) is 0 Å². The van der Waals surface area contributed by atoms with Crippen LogP contribution in [0.1, 0.15) is 22.9 Å². The van der Waals surface area contributed by atoms with Crippen molar-refractivity contribution in [2.24, 2.45) is 0 Å². The molecule has 2 heterocycles. The molecule has 1 N–H and O–H groups in total. The molecule has 31 heavy (non-hydrogen) atoms. The van der Waals surface area contributed by atoms with Crippen molar-refractivity contribution in [1.29, 1.82) is 0 Å². The molecule has 1 aliphatic heterocycles. The minimum Gasteiger partial charge on any atom is -0.507 e. The van der Waals surface area contributed by atoms with E-state index in [0.717, 1.165) is 4.90 Å². The standard InChI is InChI=1S/C22H15ClN2O6/c23-14-9-7-13(8-10-14)20(26)18-19(16-5-1-2-6-17(16)25(29)30)24(22(28)21(18)27)12-15-4-3-11-31-15/h1-11,19,26H,12H2. The Morgan fingerprint density at radius 3 is 2.45 bits per heavy atom. The molecule has 0 radical (unpaired) electrons. The number of rotatable bonds is 5. The number of nitro groups is 1. The Hall–Kier alpha value is -3.91. The van der Waals surface area contributed by atoms with Crippen LogP contribution in [0.3, 0.4) is 0 Å². The van der Waals surface area contributed by atoms with Gasteiger partial charge < -0.3 is 14.4 Å². The number of likely N-dealkylation sites (tertiary alicyclic amines) is 1. The third-order valence-corrected chi connectivity index (χ3v) is 5.24. The van der Waals surface area contributed by atoms with Gasteiger partial charge >= 0.3 is 0 Å². The number of nitrogens with zero attached hydrogens (tertiary/aromatic N) is 2. The van der Waals surface area contributed by atoms with Crippen LogP contribution in [0.2, 0.25) is 5.02 Å². The molecular formula is C22H15ClN2O6. The Labute approximate surface area is 181 Å². The molecule has 0 spiro atoms. The molecule has 1 unspecified atom stereocenters. The maximum Gasteiger partial charge on any atom is 0.296 e. The van der Waals surface area contributed by atoms with Crippen LogP contribution in [0.4, 0.5) is 5.69 Å². The first-order valence-corrected chi connectivity index (χ1v) is 9.56. The van der Waals surface area contributed by atoms with Crippen LogP contribution in [0.25, 0.3) is 5.76 Å². The molecule has 4 rings (SSSR count). The highest BCUT2D eigenvalue weighted by atomic mass is 35.5. The predicted molar refractivity (Wildman–Crippen MR) is 111 cm³/mol. The number of furan rings is 1. The van der Waals surface area contributed by atoms with E-state index in [-0.39, 0.29) is 28.9 Å². The third kappa shape index (κ3) is 3.69. The van der Waals surface area contributed by atoms with Crippen molar-refractivity contribution in [3.8, 4) is 0 Å². The fourth-order valence-electron chi connectivity index (χ4n) is 3.59. The number of hydrogen-bond donors (Lipinski definition) is 1. The number of carbonyl (C=O) groups excluding carboxylic acids is 2. The van der Waals surface area contributed by atoms with E-state index in [0.29, 0.717) is 10.8 Å². The van der Waals surface area contributed by atoms with Crippen LogP contribution >= 0.6 is 11.6 Å². The fourth-order valence-corrected chi connectivity index (χ4v) is 3.71. The van der Waals surface area contributed by atoms with Gasteiger partial charge in [0, 0.05) is 16.7 Å². The van der Waals surface area contributed by atoms with E-state index >= 15 is 0 Å². The molecule has 0 aliphatic carbocycles. The van der Waals surface area contributed by atoms with E-state index in [2.05, 4.69) is 0 Å². The quantitative estimate of drug-likeness (QED) is 0.207. The summed E-state index contributed by atoms with van der Waals surface area (Å²) < 4.78 is 5.30. The maximum atomic E-state index is 13.0. The molecule has 0 saturated carbocycles. The average molecular weight is 439 g/mol. The van der Waals surface area contributed by atoms with Crippen LogP contribution in [0.5, 0.6) is 0 Å². The zero-order valence-electron chi connectivity index (χ0n) is 15.9. The number of nitro benzene ring substituents is 1. The monoisotopic (exact) mass is 438 g/mol. The summed E-state index contributed by atoms with van der Waals surface area (Å²) >= 11 is 5.90. The summed E-state index contributed by atoms with van der Waals surface area (Å²) in [4.78, 5) is 38.1. The van der Waals surface area contributed by atoms with Gasteiger partial charge in [-0.3, -0.25) is 19.7 Å². The Bertz CT molecular complexity index is 1200. The van der Waals surface area contributed by atoms with Crippen molar-refractivity contribution in [1.82, 2.24) is 4.90 Å². The molecule has 1 amide bonds. The summed E-state index contributed by atoms with van der Waals surface area (Å²) in [6.07, 6.45) is 1.42. The number of halogens is 1. The lowest BCUT2D eigenvalue weighted by atomic mass is 9.94.